The number of aryl methyl sites for hydroxylation is 2. The highest BCUT2D eigenvalue weighted by molar-refractivity contribution is 8.00. The molecule has 0 saturated carbocycles. The van der Waals surface area contributed by atoms with Gasteiger partial charge in [0.05, 0.1) is 10.9 Å². The van der Waals surface area contributed by atoms with Crippen molar-refractivity contribution in [2.24, 2.45) is 0 Å². The highest BCUT2D eigenvalue weighted by Gasteiger charge is 2.21. The molecule has 1 N–H and O–H groups in total. The Hall–Kier alpha value is -2.26. The Morgan fingerprint density at radius 1 is 1.38 bits per heavy atom. The summed E-state index contributed by atoms with van der Waals surface area (Å²) in [4.78, 5) is 22.1. The summed E-state index contributed by atoms with van der Waals surface area (Å²) in [6, 6.07) is 3.81. The summed E-state index contributed by atoms with van der Waals surface area (Å²) in [7, 11) is 0. The number of thioether (sulfide) groups is 1. The third kappa shape index (κ3) is 3.94. The summed E-state index contributed by atoms with van der Waals surface area (Å²) >= 11 is 2.87. The van der Waals surface area contributed by atoms with E-state index in [4.69, 9.17) is 0 Å². The van der Waals surface area contributed by atoms with Crippen LogP contribution < -0.4 is 5.32 Å². The minimum atomic E-state index is -0.323. The molecule has 0 bridgehead atoms. The molecule has 0 aromatic carbocycles. The first-order valence-corrected chi connectivity index (χ1v) is 9.94. The molecule has 0 spiro atoms. The Morgan fingerprint density at radius 3 is 2.81 bits per heavy atom. The van der Waals surface area contributed by atoms with Gasteiger partial charge in [-0.25, -0.2) is 4.98 Å². The normalized spacial score (nSPS) is 12.2. The van der Waals surface area contributed by atoms with Crippen molar-refractivity contribution in [2.45, 2.75) is 44.6 Å². The van der Waals surface area contributed by atoms with E-state index in [0.717, 1.165) is 22.0 Å². The van der Waals surface area contributed by atoms with Crippen molar-refractivity contribution < 1.29 is 4.79 Å². The van der Waals surface area contributed by atoms with Crippen LogP contribution in [-0.2, 0) is 11.3 Å². The Labute approximate surface area is 160 Å². The van der Waals surface area contributed by atoms with E-state index in [0.29, 0.717) is 16.8 Å². The van der Waals surface area contributed by atoms with E-state index in [1.807, 2.05) is 44.4 Å². The molecule has 3 aromatic rings. The third-order valence-electron chi connectivity index (χ3n) is 3.86. The first-order chi connectivity index (χ1) is 12.5. The van der Waals surface area contributed by atoms with Crippen molar-refractivity contribution in [2.75, 3.05) is 5.32 Å². The molecule has 0 aliphatic heterocycles. The van der Waals surface area contributed by atoms with Crippen molar-refractivity contribution in [3.8, 4) is 11.4 Å². The van der Waals surface area contributed by atoms with Crippen LogP contribution in [0.2, 0.25) is 0 Å². The van der Waals surface area contributed by atoms with E-state index in [-0.39, 0.29) is 11.2 Å². The lowest BCUT2D eigenvalue weighted by Crippen LogP contribution is -2.22. The minimum Gasteiger partial charge on any atom is -0.302 e. The number of nitrogens with zero attached hydrogens (tertiary/aromatic N) is 5. The molecule has 0 radical (unpaired) electrons. The predicted molar refractivity (Wildman–Crippen MR) is 104 cm³/mol. The van der Waals surface area contributed by atoms with Crippen LogP contribution in [0.25, 0.3) is 11.4 Å². The summed E-state index contributed by atoms with van der Waals surface area (Å²) < 4.78 is 1.99. The largest absolute Gasteiger partial charge is 0.302 e. The maximum Gasteiger partial charge on any atom is 0.239 e. The predicted octanol–water partition coefficient (Wildman–Crippen LogP) is 3.55. The van der Waals surface area contributed by atoms with Crippen molar-refractivity contribution in [3.63, 3.8) is 0 Å². The Bertz CT molecular complexity index is 886. The number of anilines is 1. The number of nitrogens with one attached hydrogen (secondary N) is 1. The molecule has 0 fully saturated rings. The quantitative estimate of drug-likeness (QED) is 0.650. The summed E-state index contributed by atoms with van der Waals surface area (Å²) in [6.45, 7) is 8.51. The SMILES string of the molecule is CCn1c(SC(C)C(=O)Nc2nc(C)c(C)s2)nnc1-c1cccnc1. The van der Waals surface area contributed by atoms with E-state index in [1.54, 1.807) is 12.4 Å². The molecule has 26 heavy (non-hydrogen) atoms. The highest BCUT2D eigenvalue weighted by Crippen LogP contribution is 2.28. The first-order valence-electron chi connectivity index (χ1n) is 8.24. The smallest absolute Gasteiger partial charge is 0.239 e. The summed E-state index contributed by atoms with van der Waals surface area (Å²) in [6.07, 6.45) is 3.48. The standard InChI is InChI=1S/C17H20N6OS2/c1-5-23-14(13-7-6-8-18-9-13)21-22-17(23)26-12(4)15(24)20-16-19-10(2)11(3)25-16/h6-9,12H,5H2,1-4H3,(H,19,20,24). The van der Waals surface area contributed by atoms with Gasteiger partial charge < -0.3 is 9.88 Å². The zero-order valence-electron chi connectivity index (χ0n) is 15.1. The second-order valence-electron chi connectivity index (χ2n) is 5.70. The van der Waals surface area contributed by atoms with Gasteiger partial charge in [0, 0.05) is 29.4 Å². The van der Waals surface area contributed by atoms with E-state index in [1.165, 1.54) is 23.1 Å². The summed E-state index contributed by atoms with van der Waals surface area (Å²) in [5.74, 6) is 0.652. The fourth-order valence-corrected chi connectivity index (χ4v) is 4.04. The van der Waals surface area contributed by atoms with Crippen LogP contribution in [0.15, 0.2) is 29.7 Å². The second kappa shape index (κ2) is 7.96. The fraction of sp³-hybridized carbons (Fsp3) is 0.353. The topological polar surface area (TPSA) is 85.6 Å². The third-order valence-corrected chi connectivity index (χ3v) is 5.93. The second-order valence-corrected chi connectivity index (χ2v) is 8.21. The molecule has 0 aliphatic carbocycles. The number of amides is 1. The number of rotatable bonds is 6. The van der Waals surface area contributed by atoms with Crippen LogP contribution in [0.3, 0.4) is 0 Å². The van der Waals surface area contributed by atoms with E-state index in [2.05, 4.69) is 25.5 Å². The maximum absolute atomic E-state index is 12.5. The molecule has 3 heterocycles. The van der Waals surface area contributed by atoms with E-state index < -0.39 is 0 Å². The minimum absolute atomic E-state index is 0.0997. The van der Waals surface area contributed by atoms with Crippen LogP contribution >= 0.6 is 23.1 Å². The molecular formula is C17H20N6OS2. The number of thiazole rings is 1. The molecule has 3 rings (SSSR count). The van der Waals surface area contributed by atoms with Gasteiger partial charge in [0.15, 0.2) is 16.1 Å². The zero-order chi connectivity index (χ0) is 18.7. The van der Waals surface area contributed by atoms with Crippen LogP contribution in [0.4, 0.5) is 5.13 Å². The van der Waals surface area contributed by atoms with Gasteiger partial charge in [0.1, 0.15) is 0 Å². The number of hydrogen-bond acceptors (Lipinski definition) is 7. The highest BCUT2D eigenvalue weighted by atomic mass is 32.2. The van der Waals surface area contributed by atoms with Gasteiger partial charge in [-0.15, -0.1) is 21.5 Å². The van der Waals surface area contributed by atoms with Crippen molar-refractivity contribution >= 4 is 34.1 Å². The number of aromatic nitrogens is 5. The van der Waals surface area contributed by atoms with E-state index in [9.17, 15) is 4.79 Å². The fourth-order valence-electron chi connectivity index (χ4n) is 2.31. The van der Waals surface area contributed by atoms with Crippen molar-refractivity contribution in [1.29, 1.82) is 0 Å². The van der Waals surface area contributed by atoms with Gasteiger partial charge in [-0.05, 0) is 39.8 Å². The van der Waals surface area contributed by atoms with Crippen LogP contribution in [0.5, 0.6) is 0 Å². The number of carbonyl (C=O) groups excluding carboxylic acids is 1. The van der Waals surface area contributed by atoms with Crippen LogP contribution in [0.1, 0.15) is 24.4 Å². The average molecular weight is 389 g/mol. The molecule has 0 aliphatic rings. The lowest BCUT2D eigenvalue weighted by Gasteiger charge is -2.11. The molecule has 136 valence electrons. The molecule has 9 heteroatoms. The van der Waals surface area contributed by atoms with Crippen molar-refractivity contribution in [1.82, 2.24) is 24.7 Å². The Balaban J connectivity index is 1.73. The van der Waals surface area contributed by atoms with Gasteiger partial charge in [0.2, 0.25) is 5.91 Å². The van der Waals surface area contributed by atoms with Crippen molar-refractivity contribution in [3.05, 3.63) is 35.1 Å². The van der Waals surface area contributed by atoms with Gasteiger partial charge in [0.25, 0.3) is 0 Å². The van der Waals surface area contributed by atoms with Gasteiger partial charge in [-0.1, -0.05) is 11.8 Å². The molecular weight excluding hydrogens is 368 g/mol. The maximum atomic E-state index is 12.5. The van der Waals surface area contributed by atoms with Gasteiger partial charge in [-0.3, -0.25) is 9.78 Å². The molecule has 1 atom stereocenters. The van der Waals surface area contributed by atoms with Gasteiger partial charge in [-0.2, -0.15) is 0 Å². The molecule has 1 amide bonds. The van der Waals surface area contributed by atoms with Crippen LogP contribution in [0, 0.1) is 13.8 Å². The molecule has 7 nitrogen and oxygen atoms in total. The molecule has 3 aromatic heterocycles. The number of pyridine rings is 1. The summed E-state index contributed by atoms with van der Waals surface area (Å²) in [5.41, 5.74) is 1.84. The summed E-state index contributed by atoms with van der Waals surface area (Å²) in [5, 5.41) is 12.4. The average Bonchev–Trinajstić information content (AvgIpc) is 3.18. The Kier molecular flexibility index (Phi) is 5.67. The van der Waals surface area contributed by atoms with Crippen LogP contribution in [-0.4, -0.2) is 35.9 Å². The van der Waals surface area contributed by atoms with Gasteiger partial charge >= 0.3 is 0 Å². The number of hydrogen-bond donors (Lipinski definition) is 1. The lowest BCUT2D eigenvalue weighted by molar-refractivity contribution is -0.115. The zero-order valence-corrected chi connectivity index (χ0v) is 16.7. The van der Waals surface area contributed by atoms with E-state index >= 15 is 0 Å². The number of carbonyl (C=O) groups is 1. The first kappa shape index (κ1) is 18.5. The molecule has 0 saturated heterocycles. The molecule has 1 unspecified atom stereocenters. The lowest BCUT2D eigenvalue weighted by atomic mass is 10.3. The monoisotopic (exact) mass is 388 g/mol. The Morgan fingerprint density at radius 2 is 2.19 bits per heavy atom.